The number of ether oxygens (including phenoxy) is 8. The summed E-state index contributed by atoms with van der Waals surface area (Å²) in [6.45, 7) is -3.38. The molecule has 9 aliphatic rings. The second-order valence-corrected chi connectivity index (χ2v) is 24.2. The van der Waals surface area contributed by atoms with E-state index in [4.69, 9.17) is 53.3 Å². The third-order valence-corrected chi connectivity index (χ3v) is 17.7. The zero-order chi connectivity index (χ0) is 67.4. The average molecular weight is 1350 g/mol. The number of anilines is 3. The fraction of sp³-hybridized carbons (Fsp3) is 0.443. The summed E-state index contributed by atoms with van der Waals surface area (Å²) in [7, 11) is -2.70. The lowest BCUT2D eigenvalue weighted by atomic mass is 9.80. The Balaban J connectivity index is 1.03. The van der Waals surface area contributed by atoms with Crippen LogP contribution in [0.25, 0.3) is 21.9 Å². The molecule has 6 aromatic rings. The van der Waals surface area contributed by atoms with E-state index in [0.29, 0.717) is 5.69 Å². The Bertz CT molecular complexity index is 3810. The van der Waals surface area contributed by atoms with Gasteiger partial charge in [0.1, 0.15) is 101 Å². The van der Waals surface area contributed by atoms with E-state index in [9.17, 15) is 69.1 Å². The molecule has 33 nitrogen and oxygen atoms in total. The van der Waals surface area contributed by atoms with Gasteiger partial charge in [-0.3, -0.25) is 25.2 Å². The third-order valence-electron chi connectivity index (χ3n) is 16.9. The fourth-order valence-corrected chi connectivity index (χ4v) is 12.6. The van der Waals surface area contributed by atoms with E-state index in [-0.39, 0.29) is 57.0 Å². The molecule has 0 aromatic heterocycles. The number of rotatable bonds is 11. The first-order valence-electron chi connectivity index (χ1n) is 29.8. The van der Waals surface area contributed by atoms with Crippen LogP contribution in [0, 0.1) is 5.92 Å². The van der Waals surface area contributed by atoms with Gasteiger partial charge in [-0.05, 0) is 89.7 Å². The molecular weight excluding hydrogens is 1270 g/mol. The van der Waals surface area contributed by atoms with E-state index in [1.54, 1.807) is 78.9 Å². The quantitative estimate of drug-likeness (QED) is 0.0503. The Morgan fingerprint density at radius 2 is 1.20 bits per heavy atom. The monoisotopic (exact) mass is 1350 g/mol. The summed E-state index contributed by atoms with van der Waals surface area (Å²) >= 11 is 0. The minimum absolute atomic E-state index is 0.113. The highest BCUT2D eigenvalue weighted by molar-refractivity contribution is 7.86. The van der Waals surface area contributed by atoms with E-state index in [1.807, 2.05) is 0 Å². The molecule has 4 fully saturated rings. The lowest BCUT2D eigenvalue weighted by Crippen LogP contribution is -2.67. The molecule has 8 heterocycles. The first-order valence-corrected chi connectivity index (χ1v) is 31.2. The van der Waals surface area contributed by atoms with Crippen LogP contribution in [0.2, 0.25) is 0 Å². The SMILES string of the molecule is COC1OC(CO)C(OC2OC(CO)C3OC4OC(CO)C(OC5CC(CO)C(OC)C(O)C5ONc5cc(N)ccc5/N=N/c5ccc(cc5)-c5ccc(cc5)/N=N/c5ccc6cc(S(=O)(=O)O)c(/N=N/c7ccccc7)c(O)c6c5NOC2C3O)C(O)C4O)C(O)C1O. The molecule has 510 valence electrons. The van der Waals surface area contributed by atoms with Crippen LogP contribution in [0.5, 0.6) is 5.75 Å². The van der Waals surface area contributed by atoms with E-state index in [1.165, 1.54) is 37.4 Å². The fourth-order valence-electron chi connectivity index (χ4n) is 11.9. The molecule has 0 amide bonds. The van der Waals surface area contributed by atoms with Crippen LogP contribution < -0.4 is 16.7 Å². The van der Waals surface area contributed by atoms with Gasteiger partial charge in [0.2, 0.25) is 0 Å². The number of benzene rings is 6. The van der Waals surface area contributed by atoms with E-state index in [0.717, 1.165) is 24.3 Å². The lowest BCUT2D eigenvalue weighted by Gasteiger charge is -2.49. The van der Waals surface area contributed by atoms with Crippen LogP contribution in [0.1, 0.15) is 6.42 Å². The van der Waals surface area contributed by atoms with Gasteiger partial charge in [-0.2, -0.15) is 23.8 Å². The first kappa shape index (κ1) is 69.1. The van der Waals surface area contributed by atoms with E-state index < -0.39 is 175 Å². The highest BCUT2D eigenvalue weighted by Crippen LogP contribution is 2.48. The topological polar surface area (TPSA) is 493 Å². The lowest BCUT2D eigenvalue weighted by molar-refractivity contribution is -0.382. The molecule has 34 heteroatoms. The largest absolute Gasteiger partial charge is 0.505 e. The van der Waals surface area contributed by atoms with Crippen molar-refractivity contribution in [2.24, 2.45) is 36.6 Å². The average Bonchev–Trinajstić information content (AvgIpc) is 0.768. The molecule has 8 aliphatic heterocycles. The van der Waals surface area contributed by atoms with Crippen molar-refractivity contribution in [1.29, 1.82) is 0 Å². The Kier molecular flexibility index (Phi) is 21.8. The zero-order valence-corrected chi connectivity index (χ0v) is 51.3. The van der Waals surface area contributed by atoms with Crippen molar-refractivity contribution in [2.75, 3.05) is 57.3 Å². The molecule has 8 bridgehead atoms. The number of aliphatic hydroxyl groups excluding tert-OH is 10. The summed E-state index contributed by atoms with van der Waals surface area (Å²) < 4.78 is 84.4. The Morgan fingerprint density at radius 3 is 1.83 bits per heavy atom. The Labute approximate surface area is 540 Å². The molecule has 15 rings (SSSR count). The van der Waals surface area contributed by atoms with Gasteiger partial charge < -0.3 is 99.8 Å². The van der Waals surface area contributed by atoms with Crippen LogP contribution in [0.3, 0.4) is 0 Å². The molecular formula is C61H71N9O24S. The van der Waals surface area contributed by atoms with Gasteiger partial charge in [0.15, 0.2) is 30.7 Å². The van der Waals surface area contributed by atoms with E-state index in [2.05, 4.69) is 41.6 Å². The maximum absolute atomic E-state index is 13.1. The van der Waals surface area contributed by atoms with Crippen molar-refractivity contribution in [2.45, 2.75) is 128 Å². The van der Waals surface area contributed by atoms with Crippen LogP contribution >= 0.6 is 0 Å². The molecule has 6 aromatic carbocycles. The molecule has 3 saturated heterocycles. The number of nitrogen functional groups attached to an aromatic ring is 1. The molecule has 0 spiro atoms. The number of nitrogens with two attached hydrogens (primary N) is 1. The van der Waals surface area contributed by atoms with Crippen molar-refractivity contribution in [1.82, 2.24) is 0 Å². The molecule has 20 atom stereocenters. The van der Waals surface area contributed by atoms with E-state index >= 15 is 0 Å². The molecule has 20 unspecified atom stereocenters. The van der Waals surface area contributed by atoms with Crippen molar-refractivity contribution < 1.29 is 117 Å². The Hall–Kier alpha value is -7.31. The van der Waals surface area contributed by atoms with Crippen LogP contribution in [0.15, 0.2) is 151 Å². The van der Waals surface area contributed by atoms with Gasteiger partial charge in [0.25, 0.3) is 10.1 Å². The van der Waals surface area contributed by atoms with Crippen LogP contribution in [-0.2, 0) is 57.7 Å². The maximum atomic E-state index is 13.1. The maximum Gasteiger partial charge on any atom is 0.296 e. The summed E-state index contributed by atoms with van der Waals surface area (Å²) in [4.78, 5) is 11.6. The second kappa shape index (κ2) is 30.0. The first-order chi connectivity index (χ1) is 45.7. The van der Waals surface area contributed by atoms with Gasteiger partial charge in [0.05, 0.1) is 65.9 Å². The number of nitrogens with one attached hydrogen (secondary N) is 2. The summed E-state index contributed by atoms with van der Waals surface area (Å²) in [6, 6.07) is 29.9. The number of hydrogen-bond donors (Lipinski definition) is 15. The summed E-state index contributed by atoms with van der Waals surface area (Å²) in [5.74, 6) is -1.74. The smallest absolute Gasteiger partial charge is 0.296 e. The Morgan fingerprint density at radius 1 is 0.579 bits per heavy atom. The third kappa shape index (κ3) is 14.7. The molecule has 95 heavy (non-hydrogen) atoms. The minimum Gasteiger partial charge on any atom is -0.505 e. The summed E-state index contributed by atoms with van der Waals surface area (Å²) in [5, 5.41) is 152. The van der Waals surface area contributed by atoms with Gasteiger partial charge >= 0.3 is 0 Å². The number of aliphatic hydroxyl groups is 10. The predicted octanol–water partition coefficient (Wildman–Crippen LogP) is 3.24. The summed E-state index contributed by atoms with van der Waals surface area (Å²) in [6.07, 6.45) is -33.5. The number of fused-ring (bicyclic) bond motifs is 2. The number of hydrogen-bond acceptors (Lipinski definition) is 32. The number of methoxy groups -OCH3 is 2. The standard InChI is InChI=1S/C61H71N9O24S/c1-85-53-30(23-71)20-38-57(51(53)80)93-69-37-22-31(62)13-19-35(37)66-63-33-14-8-27(9-15-33)28-10-16-34(17-11-28)64-67-36-18-12-29-21-42(95(82,83)84)45(68-65-32-6-4-3-5-7-32)46(75)43(29)44(36)70-94-58-52(81)56(91-60-50(79)48(77)54(87-38)39(24-72)89-60)41(26-74)90-61(58)92-55-40(25-73)88-59(86-2)49(78)47(55)76/h3-19,21-22,30,38-41,47-61,69-81H,20,23-26,62H2,1-2H3,(H,82,83,84)/b66-63+,67-64+,68-65+. The predicted molar refractivity (Wildman–Crippen MR) is 329 cm³/mol. The van der Waals surface area contributed by atoms with Gasteiger partial charge in [-0.25, -0.2) is 0 Å². The number of phenolic OH excluding ortho intramolecular Hbond substituents is 1. The van der Waals surface area contributed by atoms with Gasteiger partial charge in [-0.1, -0.05) is 48.5 Å². The number of azo groups is 3. The van der Waals surface area contributed by atoms with Gasteiger partial charge in [0, 0.05) is 32.4 Å². The number of nitrogens with zero attached hydrogens (tertiary/aromatic N) is 6. The van der Waals surface area contributed by atoms with Crippen LogP contribution in [0.4, 0.5) is 51.2 Å². The second-order valence-electron chi connectivity index (χ2n) is 22.9. The summed E-state index contributed by atoms with van der Waals surface area (Å²) in [5.41, 5.74) is 13.4. The molecule has 16 N–H and O–H groups in total. The minimum atomic E-state index is -5.19. The number of aromatic hydroxyl groups is 1. The van der Waals surface area contributed by atoms with Gasteiger partial charge in [-0.15, -0.1) is 15.3 Å². The highest BCUT2D eigenvalue weighted by atomic mass is 32.2. The molecule has 1 saturated carbocycles. The van der Waals surface area contributed by atoms with Crippen molar-refractivity contribution >= 4 is 72.1 Å². The van der Waals surface area contributed by atoms with Crippen LogP contribution in [-0.4, -0.2) is 226 Å². The van der Waals surface area contributed by atoms with Crippen molar-refractivity contribution in [3.05, 3.63) is 115 Å². The zero-order valence-electron chi connectivity index (χ0n) is 50.5. The normalized spacial score (nSPS) is 33.1. The molecule has 1 aliphatic carbocycles. The van der Waals surface area contributed by atoms with Crippen molar-refractivity contribution in [3.63, 3.8) is 0 Å². The number of phenols is 1. The van der Waals surface area contributed by atoms with Crippen molar-refractivity contribution in [3.8, 4) is 16.9 Å². The highest BCUT2D eigenvalue weighted by Gasteiger charge is 2.56. The molecule has 0 radical (unpaired) electrons.